The lowest BCUT2D eigenvalue weighted by Gasteiger charge is -2.18. The van der Waals surface area contributed by atoms with E-state index in [-0.39, 0.29) is 0 Å². The molecule has 0 amide bonds. The van der Waals surface area contributed by atoms with Crippen LogP contribution in [0.1, 0.15) is 13.3 Å². The highest BCUT2D eigenvalue weighted by Crippen LogP contribution is 2.18. The largest absolute Gasteiger partial charge is 0.373 e. The predicted molar refractivity (Wildman–Crippen MR) is 65.3 cm³/mol. The maximum atomic E-state index is 4.44. The zero-order valence-corrected chi connectivity index (χ0v) is 9.27. The minimum atomic E-state index is 1.06. The summed E-state index contributed by atoms with van der Waals surface area (Å²) in [6.07, 6.45) is 3.10. The Morgan fingerprint density at radius 2 is 2.07 bits per heavy atom. The van der Waals surface area contributed by atoms with E-state index in [1.165, 1.54) is 11.1 Å². The second-order valence-electron chi connectivity index (χ2n) is 3.81. The molecule has 0 fully saturated rings. The fraction of sp³-hybridized carbons (Fsp3) is 0.308. The lowest BCUT2D eigenvalue weighted by Crippen LogP contribution is -2.17. The fourth-order valence-electron chi connectivity index (χ4n) is 1.73. The molecule has 1 aromatic carbocycles. The summed E-state index contributed by atoms with van der Waals surface area (Å²) in [7, 11) is 2.11. The Balaban J connectivity index is 2.38. The van der Waals surface area contributed by atoms with Gasteiger partial charge in [-0.15, -0.1) is 0 Å². The van der Waals surface area contributed by atoms with Gasteiger partial charge in [0.1, 0.15) is 0 Å². The molecule has 0 radical (unpaired) electrons. The Hall–Kier alpha value is -1.57. The van der Waals surface area contributed by atoms with E-state index in [0.717, 1.165) is 18.5 Å². The highest BCUT2D eigenvalue weighted by Gasteiger charge is 2.01. The summed E-state index contributed by atoms with van der Waals surface area (Å²) in [4.78, 5) is 6.68. The van der Waals surface area contributed by atoms with E-state index in [1.807, 2.05) is 24.4 Å². The fourth-order valence-corrected chi connectivity index (χ4v) is 1.73. The van der Waals surface area contributed by atoms with Gasteiger partial charge in [0.2, 0.25) is 0 Å². The van der Waals surface area contributed by atoms with Gasteiger partial charge in [-0.2, -0.15) is 0 Å². The van der Waals surface area contributed by atoms with Gasteiger partial charge in [0.05, 0.1) is 17.4 Å². The minimum absolute atomic E-state index is 1.06. The number of hydrogen-bond donors (Lipinski definition) is 0. The van der Waals surface area contributed by atoms with Crippen molar-refractivity contribution in [2.75, 3.05) is 18.5 Å². The summed E-state index contributed by atoms with van der Waals surface area (Å²) >= 11 is 0. The monoisotopic (exact) mass is 200 g/mol. The maximum Gasteiger partial charge on any atom is 0.0703 e. The van der Waals surface area contributed by atoms with Gasteiger partial charge in [0.25, 0.3) is 0 Å². The SMILES string of the molecule is CCCN(C)c1cnc2ccccc2c1. The molecule has 1 heterocycles. The number of hydrogen-bond acceptors (Lipinski definition) is 2. The molecule has 0 unspecified atom stereocenters. The van der Waals surface area contributed by atoms with Crippen LogP contribution in [0.15, 0.2) is 36.5 Å². The normalized spacial score (nSPS) is 10.5. The quantitative estimate of drug-likeness (QED) is 0.757. The van der Waals surface area contributed by atoms with Crippen molar-refractivity contribution in [1.82, 2.24) is 4.98 Å². The Labute approximate surface area is 90.6 Å². The number of fused-ring (bicyclic) bond motifs is 1. The molecular formula is C13H16N2. The van der Waals surface area contributed by atoms with Crippen LogP contribution in [-0.2, 0) is 0 Å². The summed E-state index contributed by atoms with van der Waals surface area (Å²) < 4.78 is 0. The number of anilines is 1. The van der Waals surface area contributed by atoms with E-state index in [4.69, 9.17) is 0 Å². The molecule has 2 heteroatoms. The second-order valence-corrected chi connectivity index (χ2v) is 3.81. The number of aromatic nitrogens is 1. The highest BCUT2D eigenvalue weighted by molar-refractivity contribution is 5.81. The number of para-hydroxylation sites is 1. The van der Waals surface area contributed by atoms with Gasteiger partial charge in [-0.05, 0) is 18.6 Å². The van der Waals surface area contributed by atoms with E-state index in [1.54, 1.807) is 0 Å². The molecule has 0 spiro atoms. The number of rotatable bonds is 3. The van der Waals surface area contributed by atoms with E-state index in [2.05, 4.69) is 36.0 Å². The lowest BCUT2D eigenvalue weighted by molar-refractivity contribution is 0.851. The molecule has 0 N–H and O–H groups in total. The van der Waals surface area contributed by atoms with Gasteiger partial charge in [-0.25, -0.2) is 0 Å². The highest BCUT2D eigenvalue weighted by atomic mass is 15.1. The zero-order valence-electron chi connectivity index (χ0n) is 9.27. The molecule has 0 aliphatic rings. The van der Waals surface area contributed by atoms with Crippen molar-refractivity contribution >= 4 is 16.6 Å². The molecule has 0 saturated heterocycles. The van der Waals surface area contributed by atoms with Gasteiger partial charge in [-0.3, -0.25) is 4.98 Å². The van der Waals surface area contributed by atoms with Crippen LogP contribution in [0.4, 0.5) is 5.69 Å². The van der Waals surface area contributed by atoms with Crippen LogP contribution >= 0.6 is 0 Å². The predicted octanol–water partition coefficient (Wildman–Crippen LogP) is 3.08. The molecule has 0 aliphatic carbocycles. The summed E-state index contributed by atoms with van der Waals surface area (Å²) in [5.41, 5.74) is 2.25. The van der Waals surface area contributed by atoms with E-state index in [9.17, 15) is 0 Å². The Kier molecular flexibility index (Phi) is 2.86. The smallest absolute Gasteiger partial charge is 0.0703 e. The Morgan fingerprint density at radius 1 is 1.27 bits per heavy atom. The van der Waals surface area contributed by atoms with Gasteiger partial charge >= 0.3 is 0 Å². The molecule has 78 valence electrons. The molecule has 0 bridgehead atoms. The van der Waals surface area contributed by atoms with Crippen LogP contribution in [0.2, 0.25) is 0 Å². The van der Waals surface area contributed by atoms with Gasteiger partial charge in [0, 0.05) is 19.0 Å². The molecule has 2 aromatic rings. The van der Waals surface area contributed by atoms with Crippen LogP contribution in [0.5, 0.6) is 0 Å². The molecule has 2 rings (SSSR count). The first-order chi connectivity index (χ1) is 7.31. The van der Waals surface area contributed by atoms with Crippen LogP contribution in [0.25, 0.3) is 10.9 Å². The summed E-state index contributed by atoms with van der Waals surface area (Å²) in [6, 6.07) is 10.4. The molecular weight excluding hydrogens is 184 g/mol. The molecule has 15 heavy (non-hydrogen) atoms. The molecule has 2 nitrogen and oxygen atoms in total. The van der Waals surface area contributed by atoms with Crippen molar-refractivity contribution in [2.24, 2.45) is 0 Å². The maximum absolute atomic E-state index is 4.44. The second kappa shape index (κ2) is 4.30. The van der Waals surface area contributed by atoms with Gasteiger partial charge in [-0.1, -0.05) is 25.1 Å². The third-order valence-corrected chi connectivity index (χ3v) is 2.58. The van der Waals surface area contributed by atoms with Crippen LogP contribution in [0.3, 0.4) is 0 Å². The van der Waals surface area contributed by atoms with Crippen LogP contribution < -0.4 is 4.90 Å². The summed E-state index contributed by atoms with van der Waals surface area (Å²) in [5, 5.41) is 1.21. The van der Waals surface area contributed by atoms with Gasteiger partial charge < -0.3 is 4.90 Å². The Morgan fingerprint density at radius 3 is 2.87 bits per heavy atom. The third-order valence-electron chi connectivity index (χ3n) is 2.58. The number of benzene rings is 1. The first-order valence-electron chi connectivity index (χ1n) is 5.37. The van der Waals surface area contributed by atoms with E-state index < -0.39 is 0 Å². The number of nitrogens with zero attached hydrogens (tertiary/aromatic N) is 2. The first kappa shape index (κ1) is 9.97. The van der Waals surface area contributed by atoms with Gasteiger partial charge in [0.15, 0.2) is 0 Å². The lowest BCUT2D eigenvalue weighted by atomic mass is 10.2. The van der Waals surface area contributed by atoms with E-state index >= 15 is 0 Å². The summed E-state index contributed by atoms with van der Waals surface area (Å²) in [5.74, 6) is 0. The van der Waals surface area contributed by atoms with Crippen molar-refractivity contribution in [3.8, 4) is 0 Å². The van der Waals surface area contributed by atoms with Crippen molar-refractivity contribution < 1.29 is 0 Å². The standard InChI is InChI=1S/C13H16N2/c1-3-8-15(2)12-9-11-6-4-5-7-13(11)14-10-12/h4-7,9-10H,3,8H2,1-2H3. The average Bonchev–Trinajstić information content (AvgIpc) is 2.29. The minimum Gasteiger partial charge on any atom is -0.373 e. The molecule has 0 aliphatic heterocycles. The van der Waals surface area contributed by atoms with Crippen LogP contribution in [0, 0.1) is 0 Å². The van der Waals surface area contributed by atoms with Crippen LogP contribution in [-0.4, -0.2) is 18.6 Å². The van der Waals surface area contributed by atoms with E-state index in [0.29, 0.717) is 0 Å². The summed E-state index contributed by atoms with van der Waals surface area (Å²) in [6.45, 7) is 3.25. The topological polar surface area (TPSA) is 16.1 Å². The van der Waals surface area contributed by atoms with Crippen molar-refractivity contribution in [3.63, 3.8) is 0 Å². The number of pyridine rings is 1. The average molecular weight is 200 g/mol. The van der Waals surface area contributed by atoms with Crippen molar-refractivity contribution in [1.29, 1.82) is 0 Å². The molecule has 0 atom stereocenters. The Bertz CT molecular complexity index is 451. The van der Waals surface area contributed by atoms with Crippen molar-refractivity contribution in [3.05, 3.63) is 36.5 Å². The van der Waals surface area contributed by atoms with Crippen molar-refractivity contribution in [2.45, 2.75) is 13.3 Å². The third kappa shape index (κ3) is 2.09. The zero-order chi connectivity index (χ0) is 10.7. The first-order valence-corrected chi connectivity index (χ1v) is 5.37. The molecule has 1 aromatic heterocycles. The molecule has 0 saturated carbocycles.